The molecule has 0 atom stereocenters. The van der Waals surface area contributed by atoms with E-state index in [1.54, 1.807) is 0 Å². The van der Waals surface area contributed by atoms with E-state index < -0.39 is 29.9 Å². The lowest BCUT2D eigenvalue weighted by Gasteiger charge is -2.06. The van der Waals surface area contributed by atoms with Gasteiger partial charge in [-0.15, -0.1) is 0 Å². The molecule has 0 fully saturated rings. The Balaban J connectivity index is 3.33. The standard InChI is InChI=1S/C9H9F2NO3/c1-4-2-5(3-6(13)14)7(8(10)11)9(15)12-4/h2,8H,3H2,1H3,(H,12,15)(H,13,14). The summed E-state index contributed by atoms with van der Waals surface area (Å²) in [5, 5.41) is 8.50. The average molecular weight is 217 g/mol. The molecular weight excluding hydrogens is 208 g/mol. The molecule has 1 heterocycles. The number of halogens is 2. The third-order valence-corrected chi connectivity index (χ3v) is 1.85. The van der Waals surface area contributed by atoms with Crippen LogP contribution in [0.25, 0.3) is 0 Å². The van der Waals surface area contributed by atoms with E-state index in [1.807, 2.05) is 0 Å². The molecule has 0 saturated carbocycles. The zero-order chi connectivity index (χ0) is 11.6. The zero-order valence-electron chi connectivity index (χ0n) is 7.88. The minimum atomic E-state index is -2.97. The van der Waals surface area contributed by atoms with Crippen LogP contribution in [0.15, 0.2) is 10.9 Å². The Kier molecular flexibility index (Phi) is 3.18. The summed E-state index contributed by atoms with van der Waals surface area (Å²) in [6.07, 6.45) is -3.55. The van der Waals surface area contributed by atoms with Gasteiger partial charge in [0.1, 0.15) is 0 Å². The lowest BCUT2D eigenvalue weighted by atomic mass is 10.1. The molecule has 0 radical (unpaired) electrons. The number of H-pyrrole nitrogens is 1. The maximum atomic E-state index is 12.5. The van der Waals surface area contributed by atoms with Crippen LogP contribution in [-0.2, 0) is 11.2 Å². The fourth-order valence-corrected chi connectivity index (χ4v) is 1.32. The molecule has 0 aliphatic rings. The van der Waals surface area contributed by atoms with Crippen molar-refractivity contribution in [2.75, 3.05) is 0 Å². The van der Waals surface area contributed by atoms with Crippen molar-refractivity contribution in [1.29, 1.82) is 0 Å². The fourth-order valence-electron chi connectivity index (χ4n) is 1.32. The summed E-state index contributed by atoms with van der Waals surface area (Å²) in [5.74, 6) is -1.25. The van der Waals surface area contributed by atoms with Crippen LogP contribution in [0.5, 0.6) is 0 Å². The molecule has 0 aromatic carbocycles. The summed E-state index contributed by atoms with van der Waals surface area (Å²) >= 11 is 0. The van der Waals surface area contributed by atoms with Gasteiger partial charge in [0.2, 0.25) is 0 Å². The molecule has 0 bridgehead atoms. The van der Waals surface area contributed by atoms with Crippen LogP contribution in [0, 0.1) is 6.92 Å². The van der Waals surface area contributed by atoms with Crippen molar-refractivity contribution in [3.8, 4) is 0 Å². The molecule has 1 aromatic heterocycles. The van der Waals surface area contributed by atoms with Gasteiger partial charge in [0, 0.05) is 5.69 Å². The third kappa shape index (κ3) is 2.61. The molecule has 2 N–H and O–H groups in total. The number of carboxylic acids is 1. The summed E-state index contributed by atoms with van der Waals surface area (Å²) in [4.78, 5) is 23.8. The highest BCUT2D eigenvalue weighted by Gasteiger charge is 2.19. The van der Waals surface area contributed by atoms with Crippen LogP contribution in [0.4, 0.5) is 8.78 Å². The number of nitrogens with one attached hydrogen (secondary N) is 1. The third-order valence-electron chi connectivity index (χ3n) is 1.85. The Morgan fingerprint density at radius 2 is 2.20 bits per heavy atom. The number of pyridine rings is 1. The van der Waals surface area contributed by atoms with Crippen molar-refractivity contribution in [2.45, 2.75) is 19.8 Å². The first-order valence-corrected chi connectivity index (χ1v) is 4.14. The van der Waals surface area contributed by atoms with Crippen molar-refractivity contribution >= 4 is 5.97 Å². The summed E-state index contributed by atoms with van der Waals surface area (Å²) in [7, 11) is 0. The fraction of sp³-hybridized carbons (Fsp3) is 0.333. The van der Waals surface area contributed by atoms with Gasteiger partial charge < -0.3 is 10.1 Å². The Labute approximate surface area is 83.6 Å². The second-order valence-corrected chi connectivity index (χ2v) is 3.09. The van der Waals surface area contributed by atoms with Crippen LogP contribution in [0.1, 0.15) is 23.2 Å². The van der Waals surface area contributed by atoms with Crippen molar-refractivity contribution in [3.05, 3.63) is 33.2 Å². The number of aliphatic carboxylic acids is 1. The van der Waals surface area contributed by atoms with Crippen LogP contribution in [-0.4, -0.2) is 16.1 Å². The first-order valence-electron chi connectivity index (χ1n) is 4.14. The number of alkyl halides is 2. The summed E-state index contributed by atoms with van der Waals surface area (Å²) < 4.78 is 24.9. The van der Waals surface area contributed by atoms with Gasteiger partial charge in [0.25, 0.3) is 12.0 Å². The quantitative estimate of drug-likeness (QED) is 0.800. The largest absolute Gasteiger partial charge is 0.481 e. The average Bonchev–Trinajstić information content (AvgIpc) is 1.99. The smallest absolute Gasteiger partial charge is 0.307 e. The van der Waals surface area contributed by atoms with Crippen LogP contribution >= 0.6 is 0 Å². The van der Waals surface area contributed by atoms with Gasteiger partial charge >= 0.3 is 5.97 Å². The topological polar surface area (TPSA) is 70.2 Å². The van der Waals surface area contributed by atoms with E-state index in [4.69, 9.17) is 5.11 Å². The van der Waals surface area contributed by atoms with E-state index in [-0.39, 0.29) is 5.56 Å². The Morgan fingerprint density at radius 3 is 2.67 bits per heavy atom. The number of hydrogen-bond acceptors (Lipinski definition) is 2. The molecule has 1 rings (SSSR count). The van der Waals surface area contributed by atoms with Gasteiger partial charge in [0.05, 0.1) is 12.0 Å². The van der Waals surface area contributed by atoms with E-state index >= 15 is 0 Å². The van der Waals surface area contributed by atoms with Gasteiger partial charge in [-0.2, -0.15) is 0 Å². The molecule has 6 heteroatoms. The number of carboxylic acid groups (broad SMARTS) is 1. The van der Waals surface area contributed by atoms with E-state index in [0.717, 1.165) is 0 Å². The predicted octanol–water partition coefficient (Wildman–Crippen LogP) is 1.25. The minimum Gasteiger partial charge on any atom is -0.481 e. The molecule has 0 amide bonds. The van der Waals surface area contributed by atoms with Crippen molar-refractivity contribution in [2.24, 2.45) is 0 Å². The molecular formula is C9H9F2NO3. The number of carbonyl (C=O) groups is 1. The lowest BCUT2D eigenvalue weighted by molar-refractivity contribution is -0.136. The van der Waals surface area contributed by atoms with Gasteiger partial charge in [-0.3, -0.25) is 9.59 Å². The second-order valence-electron chi connectivity index (χ2n) is 3.09. The molecule has 82 valence electrons. The van der Waals surface area contributed by atoms with Crippen LogP contribution in [0.2, 0.25) is 0 Å². The molecule has 15 heavy (non-hydrogen) atoms. The maximum absolute atomic E-state index is 12.5. The van der Waals surface area contributed by atoms with Crippen molar-refractivity contribution in [3.63, 3.8) is 0 Å². The van der Waals surface area contributed by atoms with E-state index in [9.17, 15) is 18.4 Å². The highest BCUT2D eigenvalue weighted by Crippen LogP contribution is 2.19. The first-order chi connectivity index (χ1) is 6.91. The minimum absolute atomic E-state index is 0.140. The molecule has 0 saturated heterocycles. The highest BCUT2D eigenvalue weighted by molar-refractivity contribution is 5.70. The molecule has 0 spiro atoms. The van der Waals surface area contributed by atoms with Crippen LogP contribution < -0.4 is 5.56 Å². The Morgan fingerprint density at radius 1 is 1.60 bits per heavy atom. The second kappa shape index (κ2) is 4.20. The molecule has 4 nitrogen and oxygen atoms in total. The van der Waals surface area contributed by atoms with Gasteiger partial charge in [0.15, 0.2) is 0 Å². The number of rotatable bonds is 3. The highest BCUT2D eigenvalue weighted by atomic mass is 19.3. The predicted molar refractivity (Wildman–Crippen MR) is 48.1 cm³/mol. The summed E-state index contributed by atoms with van der Waals surface area (Å²) in [5.41, 5.74) is -1.47. The van der Waals surface area contributed by atoms with E-state index in [0.29, 0.717) is 5.69 Å². The molecule has 0 aliphatic carbocycles. The number of aryl methyl sites for hydroxylation is 1. The first kappa shape index (κ1) is 11.4. The van der Waals surface area contributed by atoms with Gasteiger partial charge in [-0.25, -0.2) is 8.78 Å². The Bertz CT molecular complexity index is 439. The van der Waals surface area contributed by atoms with Gasteiger partial charge in [-0.1, -0.05) is 0 Å². The number of hydrogen-bond donors (Lipinski definition) is 2. The molecule has 0 aliphatic heterocycles. The van der Waals surface area contributed by atoms with Crippen molar-refractivity contribution in [1.82, 2.24) is 4.98 Å². The lowest BCUT2D eigenvalue weighted by Crippen LogP contribution is -2.19. The SMILES string of the molecule is Cc1cc(CC(=O)O)c(C(F)F)c(=O)[nH]1. The van der Waals surface area contributed by atoms with E-state index in [1.165, 1.54) is 13.0 Å². The Hall–Kier alpha value is -1.72. The zero-order valence-corrected chi connectivity index (χ0v) is 7.88. The van der Waals surface area contributed by atoms with Crippen LogP contribution in [0.3, 0.4) is 0 Å². The number of aromatic amines is 1. The normalized spacial score (nSPS) is 10.7. The van der Waals surface area contributed by atoms with Crippen molar-refractivity contribution < 1.29 is 18.7 Å². The van der Waals surface area contributed by atoms with Gasteiger partial charge in [-0.05, 0) is 18.6 Å². The maximum Gasteiger partial charge on any atom is 0.307 e. The molecule has 1 aromatic rings. The molecule has 0 unspecified atom stereocenters. The number of aromatic nitrogens is 1. The summed E-state index contributed by atoms with van der Waals surface area (Å²) in [6, 6.07) is 1.25. The monoisotopic (exact) mass is 217 g/mol. The van der Waals surface area contributed by atoms with E-state index in [2.05, 4.69) is 4.98 Å². The summed E-state index contributed by atoms with van der Waals surface area (Å²) in [6.45, 7) is 1.50.